The van der Waals surface area contributed by atoms with Crippen molar-refractivity contribution in [2.24, 2.45) is 0 Å². The molecule has 2 nitrogen and oxygen atoms in total. The van der Waals surface area contributed by atoms with Crippen molar-refractivity contribution in [3.8, 4) is 11.3 Å². The Morgan fingerprint density at radius 1 is 0.941 bits per heavy atom. The van der Waals surface area contributed by atoms with E-state index in [1.807, 2.05) is 48.5 Å². The van der Waals surface area contributed by atoms with Gasteiger partial charge in [0.15, 0.2) is 0 Å². The van der Waals surface area contributed by atoms with Crippen molar-refractivity contribution in [2.75, 3.05) is 5.73 Å². The van der Waals surface area contributed by atoms with Gasteiger partial charge in [0.1, 0.15) is 0 Å². The van der Waals surface area contributed by atoms with E-state index in [-0.39, 0.29) is 0 Å². The fourth-order valence-electron chi connectivity index (χ4n) is 2.01. The summed E-state index contributed by atoms with van der Waals surface area (Å²) in [7, 11) is 0. The average molecular weight is 219 g/mol. The van der Waals surface area contributed by atoms with Gasteiger partial charge in [-0.05, 0) is 18.2 Å². The van der Waals surface area contributed by atoms with Gasteiger partial charge in [-0.3, -0.25) is 4.98 Å². The minimum absolute atomic E-state index is 0.786. The van der Waals surface area contributed by atoms with Crippen molar-refractivity contribution in [1.29, 1.82) is 0 Å². The van der Waals surface area contributed by atoms with Gasteiger partial charge < -0.3 is 5.73 Å². The Hall–Kier alpha value is -2.35. The van der Waals surface area contributed by atoms with Gasteiger partial charge >= 0.3 is 0 Å². The van der Waals surface area contributed by atoms with E-state index in [2.05, 4.69) is 11.1 Å². The molecule has 1 radical (unpaired) electrons. The highest BCUT2D eigenvalue weighted by atomic mass is 14.7. The molecule has 0 saturated heterocycles. The Kier molecular flexibility index (Phi) is 2.26. The van der Waals surface area contributed by atoms with Crippen molar-refractivity contribution in [2.45, 2.75) is 0 Å². The third-order valence-electron chi connectivity index (χ3n) is 2.83. The number of nitrogens with two attached hydrogens (primary N) is 1. The van der Waals surface area contributed by atoms with E-state index in [1.165, 1.54) is 0 Å². The molecule has 3 rings (SSSR count). The molecule has 2 N–H and O–H groups in total. The molecule has 2 heteroatoms. The minimum atomic E-state index is 0.786. The molecule has 1 heterocycles. The molecule has 1 aromatic heterocycles. The lowest BCUT2D eigenvalue weighted by molar-refractivity contribution is 1.36. The summed E-state index contributed by atoms with van der Waals surface area (Å²) in [6.45, 7) is 0. The number of nitrogen functional groups attached to an aromatic ring is 1. The highest BCUT2D eigenvalue weighted by Gasteiger charge is 2.05. The molecule has 0 aliphatic heterocycles. The number of fused-ring (bicyclic) bond motifs is 1. The monoisotopic (exact) mass is 219 g/mol. The summed E-state index contributed by atoms with van der Waals surface area (Å²) < 4.78 is 0. The van der Waals surface area contributed by atoms with Crippen LogP contribution in [0.15, 0.2) is 54.7 Å². The molecule has 0 atom stereocenters. The first-order valence-corrected chi connectivity index (χ1v) is 5.46. The smallest absolute Gasteiger partial charge is 0.0781 e. The van der Waals surface area contributed by atoms with Gasteiger partial charge in [-0.15, -0.1) is 0 Å². The normalized spacial score (nSPS) is 10.6. The summed E-state index contributed by atoms with van der Waals surface area (Å²) in [6, 6.07) is 18.7. The van der Waals surface area contributed by atoms with E-state index in [9.17, 15) is 0 Å². The maximum absolute atomic E-state index is 5.97. The van der Waals surface area contributed by atoms with E-state index < -0.39 is 0 Å². The number of hydrogen-bond acceptors (Lipinski definition) is 2. The maximum atomic E-state index is 5.97. The Balaban J connectivity index is 2.35. The molecule has 3 aromatic rings. The van der Waals surface area contributed by atoms with Crippen molar-refractivity contribution in [3.63, 3.8) is 0 Å². The number of pyridine rings is 1. The van der Waals surface area contributed by atoms with E-state index in [0.717, 1.165) is 27.7 Å². The molecule has 0 unspecified atom stereocenters. The molecular weight excluding hydrogens is 208 g/mol. The number of rotatable bonds is 1. The molecule has 0 aliphatic rings. The maximum Gasteiger partial charge on any atom is 0.0781 e. The molecule has 0 bridgehead atoms. The standard InChI is InChI=1S/C15H11N2/c16-14-8-4-7-13-12(14)9-10-17-15(13)11-5-2-1-3-6-11/h2-10H,16H2. The second-order valence-electron chi connectivity index (χ2n) is 3.89. The first kappa shape index (κ1) is 9.85. The predicted molar refractivity (Wildman–Crippen MR) is 70.4 cm³/mol. The Morgan fingerprint density at radius 2 is 1.76 bits per heavy atom. The van der Waals surface area contributed by atoms with Crippen LogP contribution in [0.2, 0.25) is 0 Å². The first-order chi connectivity index (χ1) is 8.36. The van der Waals surface area contributed by atoms with Crippen LogP contribution < -0.4 is 5.73 Å². The summed E-state index contributed by atoms with van der Waals surface area (Å²) in [4.78, 5) is 4.45. The molecule has 0 saturated carbocycles. The van der Waals surface area contributed by atoms with Gasteiger partial charge in [0, 0.05) is 28.2 Å². The van der Waals surface area contributed by atoms with Crippen molar-refractivity contribution < 1.29 is 0 Å². The topological polar surface area (TPSA) is 38.9 Å². The van der Waals surface area contributed by atoms with Crippen LogP contribution in [0.3, 0.4) is 0 Å². The van der Waals surface area contributed by atoms with Crippen molar-refractivity contribution in [3.05, 3.63) is 60.8 Å². The fourth-order valence-corrected chi connectivity index (χ4v) is 2.01. The van der Waals surface area contributed by atoms with E-state index in [1.54, 1.807) is 6.20 Å². The van der Waals surface area contributed by atoms with E-state index >= 15 is 0 Å². The van der Waals surface area contributed by atoms with Crippen LogP contribution in [0.4, 0.5) is 5.69 Å². The zero-order valence-corrected chi connectivity index (χ0v) is 9.22. The van der Waals surface area contributed by atoms with Gasteiger partial charge in [0.05, 0.1) is 5.69 Å². The van der Waals surface area contributed by atoms with Crippen LogP contribution in [-0.4, -0.2) is 4.98 Å². The van der Waals surface area contributed by atoms with Crippen LogP contribution in [0.1, 0.15) is 0 Å². The molecule has 0 fully saturated rings. The Bertz CT molecular complexity index is 660. The SMILES string of the molecule is Nc1cccc2c(-c3cc[c]cc3)nccc12. The molecule has 17 heavy (non-hydrogen) atoms. The predicted octanol–water partition coefficient (Wildman–Crippen LogP) is 3.28. The van der Waals surface area contributed by atoms with E-state index in [0.29, 0.717) is 0 Å². The van der Waals surface area contributed by atoms with Crippen molar-refractivity contribution in [1.82, 2.24) is 4.98 Å². The lowest BCUT2D eigenvalue weighted by atomic mass is 10.0. The number of aromatic nitrogens is 1. The molecule has 2 aromatic carbocycles. The van der Waals surface area contributed by atoms with Crippen molar-refractivity contribution >= 4 is 16.5 Å². The summed E-state index contributed by atoms with van der Waals surface area (Å²) in [5, 5.41) is 2.13. The average Bonchev–Trinajstić information content (AvgIpc) is 2.40. The van der Waals surface area contributed by atoms with Gasteiger partial charge in [-0.1, -0.05) is 36.4 Å². The first-order valence-electron chi connectivity index (χ1n) is 5.46. The fraction of sp³-hybridized carbons (Fsp3) is 0. The number of hydrogen-bond donors (Lipinski definition) is 1. The van der Waals surface area contributed by atoms with Crippen LogP contribution in [0.25, 0.3) is 22.0 Å². The summed E-state index contributed by atoms with van der Waals surface area (Å²) >= 11 is 0. The lowest BCUT2D eigenvalue weighted by Crippen LogP contribution is -1.90. The highest BCUT2D eigenvalue weighted by molar-refractivity contribution is 6.00. The molecule has 0 aliphatic carbocycles. The summed E-state index contributed by atoms with van der Waals surface area (Å²) in [6.07, 6.45) is 1.80. The van der Waals surface area contributed by atoms with Crippen LogP contribution in [0.5, 0.6) is 0 Å². The molecule has 81 valence electrons. The lowest BCUT2D eigenvalue weighted by Gasteiger charge is -2.07. The quantitative estimate of drug-likeness (QED) is 0.638. The van der Waals surface area contributed by atoms with Crippen LogP contribution in [-0.2, 0) is 0 Å². The molecule has 0 spiro atoms. The van der Waals surface area contributed by atoms with E-state index in [4.69, 9.17) is 5.73 Å². The zero-order chi connectivity index (χ0) is 11.7. The molecule has 0 amide bonds. The van der Waals surface area contributed by atoms with Crippen LogP contribution in [0, 0.1) is 6.07 Å². The number of benzene rings is 2. The third-order valence-corrected chi connectivity index (χ3v) is 2.83. The Labute approximate surface area is 99.7 Å². The zero-order valence-electron chi connectivity index (χ0n) is 9.22. The summed E-state index contributed by atoms with van der Waals surface area (Å²) in [5.41, 5.74) is 8.80. The Morgan fingerprint density at radius 3 is 2.59 bits per heavy atom. The van der Waals surface area contributed by atoms with Gasteiger partial charge in [0.2, 0.25) is 0 Å². The van der Waals surface area contributed by atoms with Crippen LogP contribution >= 0.6 is 0 Å². The third kappa shape index (κ3) is 1.64. The van der Waals surface area contributed by atoms with Gasteiger partial charge in [0.25, 0.3) is 0 Å². The van der Waals surface area contributed by atoms with Gasteiger partial charge in [-0.2, -0.15) is 0 Å². The number of anilines is 1. The highest BCUT2D eigenvalue weighted by Crippen LogP contribution is 2.28. The largest absolute Gasteiger partial charge is 0.398 e. The molecular formula is C15H11N2. The summed E-state index contributed by atoms with van der Waals surface area (Å²) in [5.74, 6) is 0. The second-order valence-corrected chi connectivity index (χ2v) is 3.89. The van der Waals surface area contributed by atoms with Gasteiger partial charge in [-0.25, -0.2) is 0 Å². The number of nitrogens with zero attached hydrogens (tertiary/aromatic N) is 1. The second kappa shape index (κ2) is 3.91. The minimum Gasteiger partial charge on any atom is -0.398 e.